The zero-order valence-corrected chi connectivity index (χ0v) is 12.6. The van der Waals surface area contributed by atoms with Crippen molar-refractivity contribution < 1.29 is 9.32 Å². The first-order chi connectivity index (χ1) is 9.56. The first-order valence-corrected chi connectivity index (χ1v) is 7.51. The van der Waals surface area contributed by atoms with Gasteiger partial charge in [-0.05, 0) is 33.6 Å². The van der Waals surface area contributed by atoms with Crippen LogP contribution in [0.3, 0.4) is 0 Å². The van der Waals surface area contributed by atoms with E-state index in [0.29, 0.717) is 12.5 Å². The molecule has 110 valence electrons. The van der Waals surface area contributed by atoms with Crippen molar-refractivity contribution in [3.63, 3.8) is 0 Å². The van der Waals surface area contributed by atoms with Crippen molar-refractivity contribution >= 4 is 5.91 Å². The van der Waals surface area contributed by atoms with Gasteiger partial charge in [-0.15, -0.1) is 0 Å². The Morgan fingerprint density at radius 3 is 2.65 bits per heavy atom. The SMILES string of the molecule is Cc1noc(C)c1CC(=O)N1CCN(C2CC2)CC1C. The third kappa shape index (κ3) is 2.59. The fraction of sp³-hybridized carbons (Fsp3) is 0.733. The zero-order valence-electron chi connectivity index (χ0n) is 12.6. The molecule has 0 bridgehead atoms. The molecule has 1 saturated heterocycles. The maximum atomic E-state index is 12.5. The Balaban J connectivity index is 1.62. The Kier molecular flexibility index (Phi) is 3.54. The van der Waals surface area contributed by atoms with E-state index in [2.05, 4.69) is 17.0 Å². The molecule has 5 nitrogen and oxygen atoms in total. The number of piperazine rings is 1. The summed E-state index contributed by atoms with van der Waals surface area (Å²) in [5.74, 6) is 0.961. The number of hydrogen-bond donors (Lipinski definition) is 0. The Labute approximate surface area is 119 Å². The molecule has 2 fully saturated rings. The Morgan fingerprint density at radius 2 is 2.10 bits per heavy atom. The van der Waals surface area contributed by atoms with E-state index in [1.54, 1.807) is 0 Å². The van der Waals surface area contributed by atoms with E-state index < -0.39 is 0 Å². The van der Waals surface area contributed by atoms with Crippen molar-refractivity contribution in [1.82, 2.24) is 15.0 Å². The lowest BCUT2D eigenvalue weighted by molar-refractivity contribution is -0.135. The summed E-state index contributed by atoms with van der Waals surface area (Å²) >= 11 is 0. The summed E-state index contributed by atoms with van der Waals surface area (Å²) in [6.07, 6.45) is 3.08. The predicted molar refractivity (Wildman–Crippen MR) is 75.5 cm³/mol. The van der Waals surface area contributed by atoms with Gasteiger partial charge in [-0.3, -0.25) is 9.69 Å². The maximum absolute atomic E-state index is 12.5. The molecule has 2 aliphatic rings. The number of rotatable bonds is 3. The number of hydrogen-bond acceptors (Lipinski definition) is 4. The van der Waals surface area contributed by atoms with Crippen LogP contribution >= 0.6 is 0 Å². The van der Waals surface area contributed by atoms with Crippen molar-refractivity contribution in [1.29, 1.82) is 0 Å². The molecule has 0 spiro atoms. The van der Waals surface area contributed by atoms with Crippen LogP contribution in [0.4, 0.5) is 0 Å². The van der Waals surface area contributed by atoms with Crippen LogP contribution in [0.15, 0.2) is 4.52 Å². The van der Waals surface area contributed by atoms with Gasteiger partial charge < -0.3 is 9.42 Å². The summed E-state index contributed by atoms with van der Waals surface area (Å²) in [6.45, 7) is 8.80. The number of carbonyl (C=O) groups is 1. The molecule has 0 radical (unpaired) electrons. The highest BCUT2D eigenvalue weighted by Crippen LogP contribution is 2.29. The van der Waals surface area contributed by atoms with Crippen LogP contribution < -0.4 is 0 Å². The fourth-order valence-corrected chi connectivity index (χ4v) is 3.13. The van der Waals surface area contributed by atoms with Gasteiger partial charge in [-0.1, -0.05) is 5.16 Å². The molecule has 1 aliphatic heterocycles. The lowest BCUT2D eigenvalue weighted by Gasteiger charge is -2.40. The summed E-state index contributed by atoms with van der Waals surface area (Å²) in [7, 11) is 0. The first-order valence-electron chi connectivity index (χ1n) is 7.51. The minimum absolute atomic E-state index is 0.197. The summed E-state index contributed by atoms with van der Waals surface area (Å²) in [5, 5.41) is 3.92. The molecule has 1 unspecified atom stereocenters. The van der Waals surface area contributed by atoms with Crippen LogP contribution in [0.2, 0.25) is 0 Å². The standard InChI is InChI=1S/C15H23N3O2/c1-10-9-17(13-4-5-13)6-7-18(10)15(19)8-14-11(2)16-20-12(14)3/h10,13H,4-9H2,1-3H3. The zero-order chi connectivity index (χ0) is 14.3. The lowest BCUT2D eigenvalue weighted by atomic mass is 10.1. The predicted octanol–water partition coefficient (Wildman–Crippen LogP) is 1.53. The highest BCUT2D eigenvalue weighted by molar-refractivity contribution is 5.79. The van der Waals surface area contributed by atoms with Gasteiger partial charge in [0.1, 0.15) is 5.76 Å². The van der Waals surface area contributed by atoms with Crippen LogP contribution in [0.1, 0.15) is 36.8 Å². The van der Waals surface area contributed by atoms with Gasteiger partial charge in [-0.2, -0.15) is 0 Å². The summed E-state index contributed by atoms with van der Waals surface area (Å²) in [5.41, 5.74) is 1.78. The van der Waals surface area contributed by atoms with Crippen LogP contribution in [0.5, 0.6) is 0 Å². The first kappa shape index (κ1) is 13.6. The Hall–Kier alpha value is -1.36. The molecule has 1 atom stereocenters. The average molecular weight is 277 g/mol. The molecule has 1 aliphatic carbocycles. The number of nitrogens with zero attached hydrogens (tertiary/aromatic N) is 3. The minimum Gasteiger partial charge on any atom is -0.361 e. The topological polar surface area (TPSA) is 49.6 Å². The number of aromatic nitrogens is 1. The molecule has 2 heterocycles. The summed E-state index contributed by atoms with van der Waals surface area (Å²) in [4.78, 5) is 17.1. The third-order valence-corrected chi connectivity index (χ3v) is 4.55. The van der Waals surface area contributed by atoms with E-state index in [4.69, 9.17) is 4.52 Å². The number of aryl methyl sites for hydroxylation is 2. The highest BCUT2D eigenvalue weighted by atomic mass is 16.5. The molecule has 3 rings (SSSR count). The van der Waals surface area contributed by atoms with Gasteiger partial charge in [0.15, 0.2) is 0 Å². The largest absolute Gasteiger partial charge is 0.361 e. The van der Waals surface area contributed by atoms with E-state index in [9.17, 15) is 4.79 Å². The molecule has 1 aromatic heterocycles. The normalized spacial score (nSPS) is 24.1. The van der Waals surface area contributed by atoms with E-state index in [-0.39, 0.29) is 5.91 Å². The molecule has 1 amide bonds. The van der Waals surface area contributed by atoms with Gasteiger partial charge in [0.2, 0.25) is 5.91 Å². The van der Waals surface area contributed by atoms with Crippen LogP contribution in [0.25, 0.3) is 0 Å². The van der Waals surface area contributed by atoms with Gasteiger partial charge in [0, 0.05) is 37.3 Å². The van der Waals surface area contributed by atoms with Crippen LogP contribution in [-0.4, -0.2) is 52.6 Å². The molecule has 1 saturated carbocycles. The monoisotopic (exact) mass is 277 g/mol. The molecule has 5 heteroatoms. The fourth-order valence-electron chi connectivity index (χ4n) is 3.13. The molecule has 0 aromatic carbocycles. The molecule has 1 aromatic rings. The smallest absolute Gasteiger partial charge is 0.227 e. The van der Waals surface area contributed by atoms with Gasteiger partial charge in [-0.25, -0.2) is 0 Å². The number of amides is 1. The van der Waals surface area contributed by atoms with Crippen LogP contribution in [0, 0.1) is 13.8 Å². The van der Waals surface area contributed by atoms with Crippen molar-refractivity contribution in [3.05, 3.63) is 17.0 Å². The van der Waals surface area contributed by atoms with Gasteiger partial charge >= 0.3 is 0 Å². The van der Waals surface area contributed by atoms with Crippen molar-refractivity contribution in [3.8, 4) is 0 Å². The van der Waals surface area contributed by atoms with E-state index >= 15 is 0 Å². The highest BCUT2D eigenvalue weighted by Gasteiger charge is 2.35. The van der Waals surface area contributed by atoms with Gasteiger partial charge in [0.25, 0.3) is 0 Å². The van der Waals surface area contributed by atoms with E-state index in [1.165, 1.54) is 12.8 Å². The summed E-state index contributed by atoms with van der Waals surface area (Å²) < 4.78 is 5.14. The van der Waals surface area contributed by atoms with Gasteiger partial charge in [0.05, 0.1) is 12.1 Å². The Bertz CT molecular complexity index is 488. The minimum atomic E-state index is 0.197. The second-order valence-corrected chi connectivity index (χ2v) is 6.14. The quantitative estimate of drug-likeness (QED) is 0.840. The summed E-state index contributed by atoms with van der Waals surface area (Å²) in [6, 6.07) is 1.09. The van der Waals surface area contributed by atoms with E-state index in [1.807, 2.05) is 18.7 Å². The van der Waals surface area contributed by atoms with E-state index in [0.717, 1.165) is 42.7 Å². The van der Waals surface area contributed by atoms with Crippen molar-refractivity contribution in [2.75, 3.05) is 19.6 Å². The molecular weight excluding hydrogens is 254 g/mol. The number of carbonyl (C=O) groups excluding carboxylic acids is 1. The maximum Gasteiger partial charge on any atom is 0.227 e. The van der Waals surface area contributed by atoms with Crippen LogP contribution in [-0.2, 0) is 11.2 Å². The second-order valence-electron chi connectivity index (χ2n) is 6.14. The molecular formula is C15H23N3O2. The Morgan fingerprint density at radius 1 is 1.35 bits per heavy atom. The average Bonchev–Trinajstić information content (AvgIpc) is 3.21. The second kappa shape index (κ2) is 5.20. The third-order valence-electron chi connectivity index (χ3n) is 4.55. The molecule has 20 heavy (non-hydrogen) atoms. The lowest BCUT2D eigenvalue weighted by Crippen LogP contribution is -2.54. The van der Waals surface area contributed by atoms with Crippen molar-refractivity contribution in [2.45, 2.75) is 52.1 Å². The van der Waals surface area contributed by atoms with Crippen molar-refractivity contribution in [2.24, 2.45) is 0 Å². The molecule has 0 N–H and O–H groups in total.